The maximum Gasteiger partial charge on any atom is 0.294 e. The third-order valence-electron chi connectivity index (χ3n) is 7.28. The Labute approximate surface area is 216 Å². The van der Waals surface area contributed by atoms with Gasteiger partial charge in [-0.05, 0) is 19.8 Å². The number of hydrogen-bond acceptors (Lipinski definition) is 5. The zero-order valence-corrected chi connectivity index (χ0v) is 20.7. The number of halogens is 7. The quantitative estimate of drug-likeness (QED) is 0.380. The van der Waals surface area contributed by atoms with E-state index in [2.05, 4.69) is 10.4 Å². The molecule has 3 aromatic rings. The van der Waals surface area contributed by atoms with Gasteiger partial charge >= 0.3 is 0 Å². The minimum absolute atomic E-state index is 0.0555. The van der Waals surface area contributed by atoms with Crippen LogP contribution >= 0.6 is 0 Å². The highest BCUT2D eigenvalue weighted by Gasteiger charge is 2.54. The van der Waals surface area contributed by atoms with Crippen LogP contribution in [0, 0.1) is 5.82 Å². The molecule has 2 saturated carbocycles. The molecular formula is C25H23F7N4O3. The zero-order chi connectivity index (χ0) is 28.4. The van der Waals surface area contributed by atoms with E-state index in [1.54, 1.807) is 0 Å². The largest absolute Gasteiger partial charge is 0.484 e. The minimum atomic E-state index is -3.08. The lowest BCUT2D eigenvalue weighted by atomic mass is 9.91. The SMILES string of the molecule is CC(Nc1nn(C)c(=O)c2c(OC3CC(F)(F)C3)c(=O)n(C3(C(F)F)CC3)cc12)c1cccc(C(F)F)c1F. The number of fused-ring (bicyclic) bond motifs is 1. The highest BCUT2D eigenvalue weighted by Crippen LogP contribution is 2.49. The number of anilines is 1. The van der Waals surface area contributed by atoms with Crippen LogP contribution in [0.2, 0.25) is 0 Å². The van der Waals surface area contributed by atoms with Gasteiger partial charge in [0.05, 0.1) is 17.0 Å². The summed E-state index contributed by atoms with van der Waals surface area (Å²) >= 11 is 0. The van der Waals surface area contributed by atoms with Crippen molar-refractivity contribution in [1.82, 2.24) is 14.3 Å². The van der Waals surface area contributed by atoms with Crippen LogP contribution in [0.1, 0.15) is 56.2 Å². The summed E-state index contributed by atoms with van der Waals surface area (Å²) in [7, 11) is 1.23. The van der Waals surface area contributed by atoms with E-state index in [-0.39, 0.29) is 35.0 Å². The number of ether oxygens (including phenoxy) is 1. The molecule has 0 amide bonds. The van der Waals surface area contributed by atoms with Gasteiger partial charge < -0.3 is 10.1 Å². The number of hydrogen-bond donors (Lipinski definition) is 1. The van der Waals surface area contributed by atoms with E-state index in [0.29, 0.717) is 0 Å². The minimum Gasteiger partial charge on any atom is -0.484 e. The van der Waals surface area contributed by atoms with Gasteiger partial charge in [0.15, 0.2) is 11.6 Å². The van der Waals surface area contributed by atoms with Crippen LogP contribution in [0.4, 0.5) is 36.6 Å². The number of rotatable bonds is 8. The lowest BCUT2D eigenvalue weighted by molar-refractivity contribution is -0.134. The number of benzene rings is 1. The van der Waals surface area contributed by atoms with E-state index < -0.39 is 77.5 Å². The summed E-state index contributed by atoms with van der Waals surface area (Å²) in [5.74, 6) is -5.02. The summed E-state index contributed by atoms with van der Waals surface area (Å²) < 4.78 is 103. The number of pyridine rings is 1. The monoisotopic (exact) mass is 560 g/mol. The van der Waals surface area contributed by atoms with Gasteiger partial charge in [-0.2, -0.15) is 5.10 Å². The van der Waals surface area contributed by atoms with Gasteiger partial charge in [-0.25, -0.2) is 35.4 Å². The van der Waals surface area contributed by atoms with Crippen LogP contribution in [0.25, 0.3) is 10.8 Å². The lowest BCUT2D eigenvalue weighted by Crippen LogP contribution is -2.45. The van der Waals surface area contributed by atoms with Gasteiger partial charge in [-0.3, -0.25) is 14.2 Å². The molecule has 2 fully saturated rings. The second kappa shape index (κ2) is 9.26. The first-order chi connectivity index (χ1) is 18.3. The summed E-state index contributed by atoms with van der Waals surface area (Å²) in [6.45, 7) is 1.43. The molecule has 1 atom stereocenters. The molecule has 2 heterocycles. The molecule has 14 heteroatoms. The molecule has 7 nitrogen and oxygen atoms in total. The van der Waals surface area contributed by atoms with Crippen molar-refractivity contribution in [3.63, 3.8) is 0 Å². The standard InChI is InChI=1S/C25H23F7N4O3/c1-11(13-4-3-5-14(17(13)26)19(27)28)33-20-15-10-36(24(6-7-24)23(29)30)22(38)18(16(15)21(37)35(2)34-20)39-12-8-25(31,32)9-12/h3-5,10-12,19,23H,6-9H2,1-2H3,(H,33,34). The molecule has 0 bridgehead atoms. The first-order valence-corrected chi connectivity index (χ1v) is 12.1. The molecule has 5 rings (SSSR count). The predicted octanol–water partition coefficient (Wildman–Crippen LogP) is 5.28. The van der Waals surface area contributed by atoms with Crippen molar-refractivity contribution in [2.75, 3.05) is 5.32 Å². The van der Waals surface area contributed by atoms with E-state index in [9.17, 15) is 40.3 Å². The molecule has 1 aromatic carbocycles. The Hall–Kier alpha value is -3.58. The number of nitrogens with one attached hydrogen (secondary N) is 1. The Morgan fingerprint density at radius 2 is 1.72 bits per heavy atom. The first kappa shape index (κ1) is 27.0. The van der Waals surface area contributed by atoms with Crippen LogP contribution in [-0.2, 0) is 12.6 Å². The predicted molar refractivity (Wildman–Crippen MR) is 126 cm³/mol. The molecule has 210 valence electrons. The number of aromatic nitrogens is 3. The topological polar surface area (TPSA) is 78.2 Å². The molecule has 0 spiro atoms. The molecule has 2 aromatic heterocycles. The average molecular weight is 560 g/mol. The van der Waals surface area contributed by atoms with Crippen molar-refractivity contribution >= 4 is 16.6 Å². The van der Waals surface area contributed by atoms with Crippen molar-refractivity contribution < 1.29 is 35.5 Å². The Morgan fingerprint density at radius 3 is 2.28 bits per heavy atom. The third kappa shape index (κ3) is 4.52. The van der Waals surface area contributed by atoms with Crippen LogP contribution in [0.3, 0.4) is 0 Å². The van der Waals surface area contributed by atoms with Gasteiger partial charge in [-0.15, -0.1) is 0 Å². The van der Waals surface area contributed by atoms with Gasteiger partial charge in [0, 0.05) is 31.6 Å². The van der Waals surface area contributed by atoms with Crippen LogP contribution in [0.5, 0.6) is 5.75 Å². The zero-order valence-electron chi connectivity index (χ0n) is 20.7. The van der Waals surface area contributed by atoms with Crippen molar-refractivity contribution in [3.05, 3.63) is 62.0 Å². The number of aryl methyl sites for hydroxylation is 1. The molecule has 1 unspecified atom stereocenters. The van der Waals surface area contributed by atoms with Gasteiger partial charge in [0.1, 0.15) is 22.8 Å². The van der Waals surface area contributed by atoms with Gasteiger partial charge in [0.2, 0.25) is 0 Å². The molecule has 0 saturated heterocycles. The van der Waals surface area contributed by atoms with Gasteiger partial charge in [-0.1, -0.05) is 18.2 Å². The molecule has 1 N–H and O–H groups in total. The maximum atomic E-state index is 14.8. The molecule has 39 heavy (non-hydrogen) atoms. The van der Waals surface area contributed by atoms with Crippen molar-refractivity contribution in [1.29, 1.82) is 0 Å². The van der Waals surface area contributed by atoms with Crippen LogP contribution in [0.15, 0.2) is 34.0 Å². The average Bonchev–Trinajstić information content (AvgIpc) is 3.64. The van der Waals surface area contributed by atoms with E-state index in [1.807, 2.05) is 0 Å². The van der Waals surface area contributed by atoms with E-state index in [1.165, 1.54) is 26.1 Å². The summed E-state index contributed by atoms with van der Waals surface area (Å²) in [4.78, 5) is 26.5. The second-order valence-corrected chi connectivity index (χ2v) is 10.0. The van der Waals surface area contributed by atoms with E-state index in [0.717, 1.165) is 21.5 Å². The van der Waals surface area contributed by atoms with Crippen molar-refractivity contribution in [2.45, 2.75) is 69.1 Å². The second-order valence-electron chi connectivity index (χ2n) is 10.0. The molecule has 0 aliphatic heterocycles. The van der Waals surface area contributed by atoms with Gasteiger partial charge in [0.25, 0.3) is 29.9 Å². The highest BCUT2D eigenvalue weighted by molar-refractivity contribution is 5.94. The number of alkyl halides is 6. The molecule has 0 radical (unpaired) electrons. The smallest absolute Gasteiger partial charge is 0.294 e. The fraction of sp³-hybridized carbons (Fsp3) is 0.480. The Bertz CT molecular complexity index is 1560. The first-order valence-electron chi connectivity index (χ1n) is 12.1. The third-order valence-corrected chi connectivity index (χ3v) is 7.28. The van der Waals surface area contributed by atoms with Crippen LogP contribution in [-0.4, -0.2) is 32.8 Å². The van der Waals surface area contributed by atoms with E-state index in [4.69, 9.17) is 4.74 Å². The fourth-order valence-electron chi connectivity index (χ4n) is 4.84. The van der Waals surface area contributed by atoms with Crippen LogP contribution < -0.4 is 21.2 Å². The summed E-state index contributed by atoms with van der Waals surface area (Å²) in [6, 6.07) is 2.42. The Balaban J connectivity index is 1.68. The van der Waals surface area contributed by atoms with Crippen molar-refractivity contribution in [2.24, 2.45) is 7.05 Å². The summed E-state index contributed by atoms with van der Waals surface area (Å²) in [5, 5.41) is 6.37. The lowest BCUT2D eigenvalue weighted by Gasteiger charge is -2.35. The van der Waals surface area contributed by atoms with E-state index >= 15 is 0 Å². The Morgan fingerprint density at radius 1 is 1.08 bits per heavy atom. The molecule has 2 aliphatic rings. The Kier molecular flexibility index (Phi) is 6.41. The molecular weight excluding hydrogens is 537 g/mol. The summed E-state index contributed by atoms with van der Waals surface area (Å²) in [6.07, 6.45) is -7.71. The molecule has 2 aliphatic carbocycles. The summed E-state index contributed by atoms with van der Waals surface area (Å²) in [5.41, 5.74) is -4.80. The number of nitrogens with zero attached hydrogens (tertiary/aromatic N) is 3. The fourth-order valence-corrected chi connectivity index (χ4v) is 4.84. The maximum absolute atomic E-state index is 14.8. The highest BCUT2D eigenvalue weighted by atomic mass is 19.3. The normalized spacial score (nSPS) is 18.8. The van der Waals surface area contributed by atoms with Crippen molar-refractivity contribution in [3.8, 4) is 5.75 Å².